The summed E-state index contributed by atoms with van der Waals surface area (Å²) in [7, 11) is 2.10. The number of morpholine rings is 1. The molecule has 0 aliphatic carbocycles. The van der Waals surface area contributed by atoms with Gasteiger partial charge in [0.25, 0.3) is 0 Å². The van der Waals surface area contributed by atoms with Gasteiger partial charge in [0.15, 0.2) is 0 Å². The first-order valence-electron chi connectivity index (χ1n) is 6.00. The molecule has 0 spiro atoms. The van der Waals surface area contributed by atoms with Gasteiger partial charge in [-0.2, -0.15) is 0 Å². The van der Waals surface area contributed by atoms with Crippen molar-refractivity contribution in [3.05, 3.63) is 29.8 Å². The number of likely N-dealkylation sites (N-methyl/N-ethyl adjacent to an activating group) is 1. The number of nitrogens with zero attached hydrogens (tertiary/aromatic N) is 1. The van der Waals surface area contributed by atoms with Gasteiger partial charge in [0.05, 0.1) is 6.61 Å². The maximum atomic E-state index is 5.70. The summed E-state index contributed by atoms with van der Waals surface area (Å²) in [6.45, 7) is 3.89. The third-order valence-electron chi connectivity index (χ3n) is 2.94. The van der Waals surface area contributed by atoms with Crippen molar-refractivity contribution in [3.63, 3.8) is 0 Å². The zero-order valence-electron chi connectivity index (χ0n) is 10.3. The molecular formula is C13H20N2O2. The van der Waals surface area contributed by atoms with Gasteiger partial charge in [0.1, 0.15) is 18.5 Å². The Kier molecular flexibility index (Phi) is 4.36. The fraction of sp³-hybridized carbons (Fsp3) is 0.538. The molecule has 0 radical (unpaired) electrons. The molecule has 94 valence electrons. The van der Waals surface area contributed by atoms with Crippen LogP contribution in [0.3, 0.4) is 0 Å². The lowest BCUT2D eigenvalue weighted by Gasteiger charge is -2.29. The van der Waals surface area contributed by atoms with Crippen molar-refractivity contribution in [2.24, 2.45) is 5.73 Å². The van der Waals surface area contributed by atoms with Crippen molar-refractivity contribution in [2.45, 2.75) is 12.6 Å². The highest BCUT2D eigenvalue weighted by atomic mass is 16.5. The minimum atomic E-state index is 0.169. The summed E-state index contributed by atoms with van der Waals surface area (Å²) in [6.07, 6.45) is 0.169. The van der Waals surface area contributed by atoms with Crippen molar-refractivity contribution in [1.82, 2.24) is 4.90 Å². The lowest BCUT2D eigenvalue weighted by atomic mass is 10.2. The number of hydrogen-bond donors (Lipinski definition) is 1. The van der Waals surface area contributed by atoms with Gasteiger partial charge in [-0.1, -0.05) is 12.1 Å². The summed E-state index contributed by atoms with van der Waals surface area (Å²) in [5, 5.41) is 0. The highest BCUT2D eigenvalue weighted by Gasteiger charge is 2.17. The molecule has 0 aromatic heterocycles. The van der Waals surface area contributed by atoms with Crippen LogP contribution in [0.25, 0.3) is 0 Å². The highest BCUT2D eigenvalue weighted by Crippen LogP contribution is 2.13. The van der Waals surface area contributed by atoms with Crippen LogP contribution in [-0.4, -0.2) is 44.4 Å². The molecule has 1 heterocycles. The Bertz CT molecular complexity index is 340. The van der Waals surface area contributed by atoms with Crippen LogP contribution >= 0.6 is 0 Å². The number of hydrogen-bond acceptors (Lipinski definition) is 4. The van der Waals surface area contributed by atoms with E-state index in [-0.39, 0.29) is 6.10 Å². The monoisotopic (exact) mass is 236 g/mol. The van der Waals surface area contributed by atoms with Crippen molar-refractivity contribution in [2.75, 3.05) is 33.4 Å². The first-order valence-corrected chi connectivity index (χ1v) is 6.00. The quantitative estimate of drug-likeness (QED) is 0.842. The van der Waals surface area contributed by atoms with Gasteiger partial charge in [-0.15, -0.1) is 0 Å². The Morgan fingerprint density at radius 3 is 2.82 bits per heavy atom. The topological polar surface area (TPSA) is 47.7 Å². The average molecular weight is 236 g/mol. The van der Waals surface area contributed by atoms with E-state index in [0.717, 1.165) is 31.0 Å². The van der Waals surface area contributed by atoms with Crippen LogP contribution in [0, 0.1) is 0 Å². The molecule has 2 N–H and O–H groups in total. The van der Waals surface area contributed by atoms with E-state index in [1.54, 1.807) is 0 Å². The predicted molar refractivity (Wildman–Crippen MR) is 67.1 cm³/mol. The van der Waals surface area contributed by atoms with Crippen LogP contribution in [-0.2, 0) is 11.3 Å². The minimum absolute atomic E-state index is 0.169. The fourth-order valence-electron chi connectivity index (χ4n) is 1.88. The first kappa shape index (κ1) is 12.4. The second-order valence-electron chi connectivity index (χ2n) is 4.41. The van der Waals surface area contributed by atoms with Crippen molar-refractivity contribution >= 4 is 0 Å². The molecule has 1 aliphatic heterocycles. The zero-order chi connectivity index (χ0) is 12.1. The van der Waals surface area contributed by atoms with Gasteiger partial charge in [0.2, 0.25) is 0 Å². The van der Waals surface area contributed by atoms with E-state index in [1.165, 1.54) is 0 Å². The predicted octanol–water partition coefficient (Wildman–Crippen LogP) is 0.855. The van der Waals surface area contributed by atoms with E-state index in [2.05, 4.69) is 11.9 Å². The summed E-state index contributed by atoms with van der Waals surface area (Å²) in [6, 6.07) is 7.88. The Labute approximate surface area is 102 Å². The van der Waals surface area contributed by atoms with Crippen LogP contribution in [0.5, 0.6) is 5.75 Å². The Balaban J connectivity index is 1.80. The van der Waals surface area contributed by atoms with Gasteiger partial charge >= 0.3 is 0 Å². The molecule has 1 unspecified atom stereocenters. The van der Waals surface area contributed by atoms with Gasteiger partial charge in [-0.25, -0.2) is 0 Å². The van der Waals surface area contributed by atoms with Crippen LogP contribution in [0.4, 0.5) is 0 Å². The number of nitrogens with two attached hydrogens (primary N) is 1. The van der Waals surface area contributed by atoms with E-state index >= 15 is 0 Å². The maximum Gasteiger partial charge on any atom is 0.119 e. The first-order chi connectivity index (χ1) is 8.28. The Morgan fingerprint density at radius 1 is 1.41 bits per heavy atom. The van der Waals surface area contributed by atoms with Crippen molar-refractivity contribution in [1.29, 1.82) is 0 Å². The second-order valence-corrected chi connectivity index (χ2v) is 4.41. The standard InChI is InChI=1S/C13H20N2O2/c1-15-6-7-16-13(9-15)10-17-12-4-2-11(8-14)3-5-12/h2-5,13H,6-10,14H2,1H3. The van der Waals surface area contributed by atoms with E-state index in [4.69, 9.17) is 15.2 Å². The summed E-state index contributed by atoms with van der Waals surface area (Å²) in [5.74, 6) is 0.874. The maximum absolute atomic E-state index is 5.70. The van der Waals surface area contributed by atoms with Gasteiger partial charge in [-0.05, 0) is 24.7 Å². The van der Waals surface area contributed by atoms with Gasteiger partial charge in [-0.3, -0.25) is 0 Å². The molecule has 0 saturated carbocycles. The molecule has 2 rings (SSSR count). The molecule has 0 bridgehead atoms. The number of benzene rings is 1. The van der Waals surface area contributed by atoms with Crippen LogP contribution in [0.1, 0.15) is 5.56 Å². The van der Waals surface area contributed by atoms with E-state index in [1.807, 2.05) is 24.3 Å². The van der Waals surface area contributed by atoms with Gasteiger partial charge < -0.3 is 20.1 Å². The molecule has 1 saturated heterocycles. The minimum Gasteiger partial charge on any atom is -0.491 e. The van der Waals surface area contributed by atoms with Crippen LogP contribution < -0.4 is 10.5 Å². The van der Waals surface area contributed by atoms with E-state index in [0.29, 0.717) is 13.2 Å². The highest BCUT2D eigenvalue weighted by molar-refractivity contribution is 5.27. The lowest BCUT2D eigenvalue weighted by molar-refractivity contribution is -0.0403. The molecule has 17 heavy (non-hydrogen) atoms. The number of ether oxygens (including phenoxy) is 2. The zero-order valence-corrected chi connectivity index (χ0v) is 10.3. The van der Waals surface area contributed by atoms with Gasteiger partial charge in [0, 0.05) is 19.6 Å². The molecule has 0 amide bonds. The molecule has 1 fully saturated rings. The Morgan fingerprint density at radius 2 is 2.18 bits per heavy atom. The average Bonchev–Trinajstić information content (AvgIpc) is 2.37. The Hall–Kier alpha value is -1.10. The van der Waals surface area contributed by atoms with Crippen LogP contribution in [0.2, 0.25) is 0 Å². The molecule has 1 aromatic rings. The third kappa shape index (κ3) is 3.70. The summed E-state index contributed by atoms with van der Waals surface area (Å²) in [5.41, 5.74) is 6.66. The molecule has 1 aromatic carbocycles. The number of rotatable bonds is 4. The smallest absolute Gasteiger partial charge is 0.119 e. The van der Waals surface area contributed by atoms with Crippen molar-refractivity contribution in [3.8, 4) is 5.75 Å². The second kappa shape index (κ2) is 6.00. The van der Waals surface area contributed by atoms with Crippen LogP contribution in [0.15, 0.2) is 24.3 Å². The molecular weight excluding hydrogens is 216 g/mol. The fourth-order valence-corrected chi connectivity index (χ4v) is 1.88. The molecule has 1 atom stereocenters. The summed E-state index contributed by atoms with van der Waals surface area (Å²) >= 11 is 0. The summed E-state index contributed by atoms with van der Waals surface area (Å²) < 4.78 is 11.3. The molecule has 4 nitrogen and oxygen atoms in total. The SMILES string of the molecule is CN1CCOC(COc2ccc(CN)cc2)C1. The molecule has 1 aliphatic rings. The summed E-state index contributed by atoms with van der Waals surface area (Å²) in [4.78, 5) is 2.26. The van der Waals surface area contributed by atoms with Crippen molar-refractivity contribution < 1.29 is 9.47 Å². The largest absolute Gasteiger partial charge is 0.491 e. The lowest BCUT2D eigenvalue weighted by Crippen LogP contribution is -2.42. The van der Waals surface area contributed by atoms with E-state index in [9.17, 15) is 0 Å². The molecule has 4 heteroatoms. The normalized spacial score (nSPS) is 21.4. The van der Waals surface area contributed by atoms with E-state index < -0.39 is 0 Å². The third-order valence-corrected chi connectivity index (χ3v) is 2.94.